The minimum absolute atomic E-state index is 0.589. The average Bonchev–Trinajstić information content (AvgIpc) is 2.98. The first-order chi connectivity index (χ1) is 11.2. The number of para-hydroxylation sites is 2. The van der Waals surface area contributed by atoms with Crippen LogP contribution < -0.4 is 15.4 Å². The third-order valence-electron chi connectivity index (χ3n) is 3.43. The number of benzene rings is 2. The summed E-state index contributed by atoms with van der Waals surface area (Å²) in [5.74, 6) is 1.77. The zero-order valence-corrected chi connectivity index (χ0v) is 13.6. The van der Waals surface area contributed by atoms with Crippen molar-refractivity contribution in [2.24, 2.45) is 0 Å². The van der Waals surface area contributed by atoms with Crippen LogP contribution in [0.2, 0.25) is 0 Å². The fourth-order valence-corrected chi connectivity index (χ4v) is 2.49. The zero-order chi connectivity index (χ0) is 16.1. The first-order valence-electron chi connectivity index (χ1n) is 7.37. The molecule has 118 valence electrons. The van der Waals surface area contributed by atoms with Crippen LogP contribution in [-0.2, 0) is 6.42 Å². The fraction of sp³-hybridized carbons (Fsp3) is 0.176. The van der Waals surface area contributed by atoms with Crippen molar-refractivity contribution in [3.8, 4) is 5.75 Å². The molecule has 0 radical (unpaired) electrons. The number of thiocarbonyl (C=S) groups is 1. The minimum atomic E-state index is 0.589. The molecule has 0 aliphatic rings. The SMILES string of the molecule is COc1ccc(NC(=S)NCCc2nc3ccccc3[nH]2)cc1. The Kier molecular flexibility index (Phi) is 4.73. The molecule has 0 bridgehead atoms. The van der Waals surface area contributed by atoms with Crippen LogP contribution in [0.15, 0.2) is 48.5 Å². The molecule has 3 rings (SSSR count). The molecule has 0 aliphatic heterocycles. The highest BCUT2D eigenvalue weighted by Crippen LogP contribution is 2.14. The predicted molar refractivity (Wildman–Crippen MR) is 97.0 cm³/mol. The molecule has 0 aliphatic carbocycles. The summed E-state index contributed by atoms with van der Waals surface area (Å²) in [6, 6.07) is 15.6. The van der Waals surface area contributed by atoms with Crippen LogP contribution in [0.4, 0.5) is 5.69 Å². The summed E-state index contributed by atoms with van der Waals surface area (Å²) in [5.41, 5.74) is 2.97. The van der Waals surface area contributed by atoms with Crippen LogP contribution in [0.25, 0.3) is 11.0 Å². The number of hydrogen-bond donors (Lipinski definition) is 3. The maximum Gasteiger partial charge on any atom is 0.170 e. The monoisotopic (exact) mass is 326 g/mol. The number of methoxy groups -OCH3 is 1. The van der Waals surface area contributed by atoms with Gasteiger partial charge in [0.1, 0.15) is 11.6 Å². The number of nitrogens with one attached hydrogen (secondary N) is 3. The summed E-state index contributed by atoms with van der Waals surface area (Å²) in [7, 11) is 1.65. The van der Waals surface area contributed by atoms with Gasteiger partial charge in [-0.1, -0.05) is 12.1 Å². The molecular weight excluding hydrogens is 308 g/mol. The third kappa shape index (κ3) is 3.98. The van der Waals surface area contributed by atoms with Crippen molar-refractivity contribution in [2.45, 2.75) is 6.42 Å². The van der Waals surface area contributed by atoms with Gasteiger partial charge in [-0.05, 0) is 48.6 Å². The lowest BCUT2D eigenvalue weighted by molar-refractivity contribution is 0.415. The van der Waals surface area contributed by atoms with Crippen molar-refractivity contribution in [3.05, 3.63) is 54.4 Å². The molecule has 0 fully saturated rings. The zero-order valence-electron chi connectivity index (χ0n) is 12.8. The van der Waals surface area contributed by atoms with Crippen LogP contribution in [0.1, 0.15) is 5.82 Å². The maximum atomic E-state index is 5.29. The second kappa shape index (κ2) is 7.11. The van der Waals surface area contributed by atoms with E-state index in [9.17, 15) is 0 Å². The van der Waals surface area contributed by atoms with E-state index in [1.807, 2.05) is 48.5 Å². The van der Waals surface area contributed by atoms with Gasteiger partial charge in [0.05, 0.1) is 18.1 Å². The van der Waals surface area contributed by atoms with Gasteiger partial charge in [-0.3, -0.25) is 0 Å². The minimum Gasteiger partial charge on any atom is -0.497 e. The number of H-pyrrole nitrogens is 1. The van der Waals surface area contributed by atoms with Crippen LogP contribution in [-0.4, -0.2) is 28.7 Å². The Morgan fingerprint density at radius 3 is 2.70 bits per heavy atom. The highest BCUT2D eigenvalue weighted by molar-refractivity contribution is 7.80. The average molecular weight is 326 g/mol. The lowest BCUT2D eigenvalue weighted by Crippen LogP contribution is -2.30. The van der Waals surface area contributed by atoms with Crippen molar-refractivity contribution < 1.29 is 4.74 Å². The van der Waals surface area contributed by atoms with Crippen LogP contribution >= 0.6 is 12.2 Å². The molecule has 0 atom stereocenters. The lowest BCUT2D eigenvalue weighted by Gasteiger charge is -2.10. The molecular formula is C17H18N4OS. The Morgan fingerprint density at radius 1 is 1.17 bits per heavy atom. The van der Waals surface area contributed by atoms with E-state index in [-0.39, 0.29) is 0 Å². The van der Waals surface area contributed by atoms with Crippen LogP contribution in [0.5, 0.6) is 5.75 Å². The smallest absolute Gasteiger partial charge is 0.170 e. The van der Waals surface area contributed by atoms with Gasteiger partial charge in [-0.2, -0.15) is 0 Å². The molecule has 1 heterocycles. The van der Waals surface area contributed by atoms with E-state index in [1.54, 1.807) is 7.11 Å². The Hall–Kier alpha value is -2.60. The topological polar surface area (TPSA) is 62.0 Å². The number of imidazole rings is 1. The predicted octanol–water partition coefficient (Wildman–Crippen LogP) is 3.10. The molecule has 0 unspecified atom stereocenters. The molecule has 0 saturated carbocycles. The summed E-state index contributed by atoms with van der Waals surface area (Å²) in [6.45, 7) is 0.710. The van der Waals surface area contributed by atoms with E-state index in [2.05, 4.69) is 20.6 Å². The van der Waals surface area contributed by atoms with Gasteiger partial charge in [0, 0.05) is 18.7 Å². The van der Waals surface area contributed by atoms with Gasteiger partial charge in [0.25, 0.3) is 0 Å². The lowest BCUT2D eigenvalue weighted by atomic mass is 10.3. The number of anilines is 1. The Balaban J connectivity index is 1.48. The second-order valence-electron chi connectivity index (χ2n) is 5.06. The summed E-state index contributed by atoms with van der Waals surface area (Å²) in [4.78, 5) is 7.84. The summed E-state index contributed by atoms with van der Waals surface area (Å²) in [6.07, 6.45) is 0.777. The molecule has 0 saturated heterocycles. The number of fused-ring (bicyclic) bond motifs is 1. The summed E-state index contributed by atoms with van der Waals surface area (Å²) < 4.78 is 5.13. The van der Waals surface area contributed by atoms with Crippen LogP contribution in [0.3, 0.4) is 0 Å². The number of aromatic amines is 1. The van der Waals surface area contributed by atoms with E-state index < -0.39 is 0 Å². The molecule has 0 amide bonds. The first kappa shape index (κ1) is 15.3. The molecule has 1 aromatic heterocycles. The summed E-state index contributed by atoms with van der Waals surface area (Å²) in [5, 5.41) is 6.91. The number of rotatable bonds is 5. The standard InChI is InChI=1S/C17H18N4OS/c1-22-13-8-6-12(7-9-13)19-17(23)18-11-10-16-20-14-4-2-3-5-15(14)21-16/h2-9H,10-11H2,1H3,(H,20,21)(H2,18,19,23). The maximum absolute atomic E-state index is 5.29. The molecule has 2 aromatic carbocycles. The molecule has 5 nitrogen and oxygen atoms in total. The Labute approximate surface area is 140 Å². The summed E-state index contributed by atoms with van der Waals surface area (Å²) >= 11 is 5.29. The van der Waals surface area contributed by atoms with Crippen molar-refractivity contribution in [3.63, 3.8) is 0 Å². The van der Waals surface area contributed by atoms with E-state index in [1.165, 1.54) is 0 Å². The molecule has 6 heteroatoms. The van der Waals surface area contributed by atoms with Crippen molar-refractivity contribution in [1.82, 2.24) is 15.3 Å². The van der Waals surface area contributed by atoms with Crippen molar-refractivity contribution in [1.29, 1.82) is 0 Å². The van der Waals surface area contributed by atoms with E-state index in [0.29, 0.717) is 11.7 Å². The van der Waals surface area contributed by atoms with Gasteiger partial charge in [-0.15, -0.1) is 0 Å². The largest absolute Gasteiger partial charge is 0.497 e. The molecule has 23 heavy (non-hydrogen) atoms. The quantitative estimate of drug-likeness (QED) is 0.629. The van der Waals surface area contributed by atoms with Gasteiger partial charge in [0.2, 0.25) is 0 Å². The Morgan fingerprint density at radius 2 is 1.96 bits per heavy atom. The van der Waals surface area contributed by atoms with Gasteiger partial charge >= 0.3 is 0 Å². The van der Waals surface area contributed by atoms with Gasteiger partial charge in [-0.25, -0.2) is 4.98 Å². The molecule has 3 aromatic rings. The van der Waals surface area contributed by atoms with E-state index in [0.717, 1.165) is 34.7 Å². The molecule has 0 spiro atoms. The van der Waals surface area contributed by atoms with E-state index >= 15 is 0 Å². The number of nitrogens with zero attached hydrogens (tertiary/aromatic N) is 1. The molecule has 3 N–H and O–H groups in total. The van der Waals surface area contributed by atoms with E-state index in [4.69, 9.17) is 17.0 Å². The van der Waals surface area contributed by atoms with Gasteiger partial charge < -0.3 is 20.4 Å². The second-order valence-corrected chi connectivity index (χ2v) is 5.47. The van der Waals surface area contributed by atoms with Crippen LogP contribution in [0, 0.1) is 0 Å². The number of ether oxygens (including phenoxy) is 1. The first-order valence-corrected chi connectivity index (χ1v) is 7.78. The normalized spacial score (nSPS) is 10.5. The number of hydrogen-bond acceptors (Lipinski definition) is 3. The highest BCUT2D eigenvalue weighted by Gasteiger charge is 2.03. The van der Waals surface area contributed by atoms with Gasteiger partial charge in [0.15, 0.2) is 5.11 Å². The number of aromatic nitrogens is 2. The van der Waals surface area contributed by atoms with Crippen molar-refractivity contribution >= 4 is 34.1 Å². The third-order valence-corrected chi connectivity index (χ3v) is 3.68. The fourth-order valence-electron chi connectivity index (χ4n) is 2.27. The van der Waals surface area contributed by atoms with Crippen molar-refractivity contribution in [2.75, 3.05) is 19.0 Å². The highest BCUT2D eigenvalue weighted by atomic mass is 32.1. The Bertz CT molecular complexity index is 765.